The third kappa shape index (κ3) is 5.92. The number of likely N-dealkylation sites (tertiary alicyclic amines) is 1. The van der Waals surface area contributed by atoms with Gasteiger partial charge in [0, 0.05) is 49.0 Å². The van der Waals surface area contributed by atoms with Crippen LogP contribution in [0, 0.1) is 0 Å². The summed E-state index contributed by atoms with van der Waals surface area (Å²) < 4.78 is 16.9. The van der Waals surface area contributed by atoms with E-state index in [0.29, 0.717) is 28.7 Å². The molecule has 8 heteroatoms. The molecule has 1 aromatic heterocycles. The van der Waals surface area contributed by atoms with Gasteiger partial charge in [-0.25, -0.2) is 4.79 Å². The lowest BCUT2D eigenvalue weighted by Gasteiger charge is -2.17. The summed E-state index contributed by atoms with van der Waals surface area (Å²) >= 11 is 0. The van der Waals surface area contributed by atoms with E-state index in [9.17, 15) is 4.79 Å². The second-order valence-corrected chi connectivity index (χ2v) is 8.96. The predicted molar refractivity (Wildman–Crippen MR) is 144 cm³/mol. The second-order valence-electron chi connectivity index (χ2n) is 8.96. The number of carbonyl (C=O) groups is 1. The molecule has 0 bridgehead atoms. The van der Waals surface area contributed by atoms with Crippen LogP contribution in [0.4, 0.5) is 10.5 Å². The van der Waals surface area contributed by atoms with E-state index >= 15 is 0 Å². The van der Waals surface area contributed by atoms with Crippen molar-refractivity contribution in [2.75, 3.05) is 32.6 Å². The summed E-state index contributed by atoms with van der Waals surface area (Å²) in [6.45, 7) is 2.70. The maximum atomic E-state index is 12.6. The molecule has 190 valence electrons. The van der Waals surface area contributed by atoms with Crippen LogP contribution in [0.5, 0.6) is 23.0 Å². The summed E-state index contributed by atoms with van der Waals surface area (Å²) in [5.41, 5.74) is 2.71. The van der Waals surface area contributed by atoms with Crippen LogP contribution < -0.4 is 24.8 Å². The number of fused-ring (bicyclic) bond motifs is 1. The van der Waals surface area contributed by atoms with Crippen molar-refractivity contribution in [2.45, 2.75) is 19.0 Å². The molecule has 8 nitrogen and oxygen atoms in total. The van der Waals surface area contributed by atoms with Crippen molar-refractivity contribution in [1.82, 2.24) is 15.2 Å². The number of anilines is 1. The molecule has 0 saturated carbocycles. The highest BCUT2D eigenvalue weighted by Gasteiger charge is 2.23. The van der Waals surface area contributed by atoms with Gasteiger partial charge in [-0.05, 0) is 48.4 Å². The molecular formula is C29H30N4O4. The van der Waals surface area contributed by atoms with Crippen molar-refractivity contribution in [3.63, 3.8) is 0 Å². The molecular weight excluding hydrogens is 468 g/mol. The number of ether oxygens (including phenoxy) is 3. The summed E-state index contributed by atoms with van der Waals surface area (Å²) in [5.74, 6) is 2.49. The minimum Gasteiger partial charge on any atom is -0.493 e. The van der Waals surface area contributed by atoms with Crippen LogP contribution in [0.15, 0.2) is 79.0 Å². The van der Waals surface area contributed by atoms with E-state index in [1.165, 1.54) is 5.56 Å². The molecule has 3 aromatic carbocycles. The molecule has 0 radical (unpaired) electrons. The SMILES string of the molecule is COc1cc2nccc(Oc3ccc(NC(=O)NC4CCN(Cc5ccccc5)C4)cc3)c2cc1OC. The van der Waals surface area contributed by atoms with Gasteiger partial charge in [-0.1, -0.05) is 30.3 Å². The summed E-state index contributed by atoms with van der Waals surface area (Å²) in [6.07, 6.45) is 2.62. The fourth-order valence-electron chi connectivity index (χ4n) is 4.56. The normalized spacial score (nSPS) is 15.4. The number of hydrogen-bond acceptors (Lipinski definition) is 6. The third-order valence-corrected chi connectivity index (χ3v) is 6.40. The first-order valence-electron chi connectivity index (χ1n) is 12.2. The first-order chi connectivity index (χ1) is 18.1. The van der Waals surface area contributed by atoms with Crippen LogP contribution in [0.25, 0.3) is 10.9 Å². The van der Waals surface area contributed by atoms with E-state index < -0.39 is 0 Å². The minimum absolute atomic E-state index is 0.127. The largest absolute Gasteiger partial charge is 0.493 e. The number of urea groups is 1. The van der Waals surface area contributed by atoms with Gasteiger partial charge in [0.25, 0.3) is 0 Å². The fraction of sp³-hybridized carbons (Fsp3) is 0.241. The predicted octanol–water partition coefficient (Wildman–Crippen LogP) is 5.44. The first kappa shape index (κ1) is 24.4. The molecule has 5 rings (SSSR count). The highest BCUT2D eigenvalue weighted by Crippen LogP contribution is 2.37. The van der Waals surface area contributed by atoms with Gasteiger partial charge in [0.1, 0.15) is 11.5 Å². The lowest BCUT2D eigenvalue weighted by atomic mass is 10.2. The van der Waals surface area contributed by atoms with Crippen molar-refractivity contribution in [3.05, 3.63) is 84.6 Å². The Morgan fingerprint density at radius 1 is 0.973 bits per heavy atom. The highest BCUT2D eigenvalue weighted by atomic mass is 16.5. The van der Waals surface area contributed by atoms with Gasteiger partial charge in [-0.15, -0.1) is 0 Å². The Bertz CT molecular complexity index is 1360. The van der Waals surface area contributed by atoms with Crippen molar-refractivity contribution >= 4 is 22.6 Å². The molecule has 2 N–H and O–H groups in total. The van der Waals surface area contributed by atoms with E-state index in [1.54, 1.807) is 26.5 Å². The topological polar surface area (TPSA) is 85.0 Å². The smallest absolute Gasteiger partial charge is 0.319 e. The quantitative estimate of drug-likeness (QED) is 0.337. The standard InChI is InChI=1S/C29H30N4O4/c1-35-27-16-24-25(17-28(27)36-2)30-14-12-26(24)37-23-10-8-21(9-11-23)31-29(34)32-22-13-15-33(19-22)18-20-6-4-3-5-7-20/h3-12,14,16-17,22H,13,15,18-19H2,1-2H3,(H2,31,32,34). The number of aromatic nitrogens is 1. The van der Waals surface area contributed by atoms with Gasteiger partial charge < -0.3 is 24.8 Å². The lowest BCUT2D eigenvalue weighted by Crippen LogP contribution is -2.39. The molecule has 4 aromatic rings. The summed E-state index contributed by atoms with van der Waals surface area (Å²) in [6, 6.07) is 23.1. The Labute approximate surface area is 216 Å². The second kappa shape index (κ2) is 11.2. The lowest BCUT2D eigenvalue weighted by molar-refractivity contribution is 0.247. The van der Waals surface area contributed by atoms with Crippen LogP contribution in [-0.4, -0.2) is 49.3 Å². The van der Waals surface area contributed by atoms with E-state index in [4.69, 9.17) is 14.2 Å². The molecule has 2 heterocycles. The average molecular weight is 499 g/mol. The zero-order valence-corrected chi connectivity index (χ0v) is 20.9. The number of amides is 2. The minimum atomic E-state index is -0.207. The fourth-order valence-corrected chi connectivity index (χ4v) is 4.56. The van der Waals surface area contributed by atoms with Crippen molar-refractivity contribution in [2.24, 2.45) is 0 Å². The zero-order valence-electron chi connectivity index (χ0n) is 20.9. The summed E-state index contributed by atoms with van der Waals surface area (Å²) in [5, 5.41) is 6.81. The number of rotatable bonds is 8. The Morgan fingerprint density at radius 2 is 1.73 bits per heavy atom. The maximum Gasteiger partial charge on any atom is 0.319 e. The van der Waals surface area contributed by atoms with E-state index in [1.807, 2.05) is 42.5 Å². The van der Waals surface area contributed by atoms with Gasteiger partial charge in [0.15, 0.2) is 11.5 Å². The Balaban J connectivity index is 1.17. The summed E-state index contributed by atoms with van der Waals surface area (Å²) in [7, 11) is 3.18. The third-order valence-electron chi connectivity index (χ3n) is 6.40. The van der Waals surface area contributed by atoms with Gasteiger partial charge in [-0.3, -0.25) is 9.88 Å². The Kier molecular flexibility index (Phi) is 7.37. The van der Waals surface area contributed by atoms with Crippen LogP contribution >= 0.6 is 0 Å². The van der Waals surface area contributed by atoms with Crippen molar-refractivity contribution in [1.29, 1.82) is 0 Å². The average Bonchev–Trinajstić information content (AvgIpc) is 3.36. The molecule has 1 atom stereocenters. The van der Waals surface area contributed by atoms with Gasteiger partial charge in [-0.2, -0.15) is 0 Å². The number of pyridine rings is 1. The highest BCUT2D eigenvalue weighted by molar-refractivity contribution is 5.90. The molecule has 1 fully saturated rings. The molecule has 0 aliphatic carbocycles. The van der Waals surface area contributed by atoms with E-state index in [-0.39, 0.29) is 12.1 Å². The molecule has 37 heavy (non-hydrogen) atoms. The van der Waals surface area contributed by atoms with E-state index in [0.717, 1.165) is 37.0 Å². The number of benzene rings is 3. The van der Waals surface area contributed by atoms with E-state index in [2.05, 4.69) is 44.8 Å². The van der Waals surface area contributed by atoms with Crippen LogP contribution in [0.1, 0.15) is 12.0 Å². The molecule has 2 amide bonds. The molecule has 1 aliphatic heterocycles. The van der Waals surface area contributed by atoms with Crippen molar-refractivity contribution < 1.29 is 19.0 Å². The molecule has 1 unspecified atom stereocenters. The molecule has 1 aliphatic rings. The number of nitrogens with zero attached hydrogens (tertiary/aromatic N) is 2. The summed E-state index contributed by atoms with van der Waals surface area (Å²) in [4.78, 5) is 19.3. The van der Waals surface area contributed by atoms with Gasteiger partial charge >= 0.3 is 6.03 Å². The first-order valence-corrected chi connectivity index (χ1v) is 12.2. The Hall–Kier alpha value is -4.30. The van der Waals surface area contributed by atoms with Crippen LogP contribution in [0.3, 0.4) is 0 Å². The molecule has 0 spiro atoms. The van der Waals surface area contributed by atoms with Gasteiger partial charge in [0.2, 0.25) is 0 Å². The van der Waals surface area contributed by atoms with Crippen LogP contribution in [0.2, 0.25) is 0 Å². The maximum absolute atomic E-state index is 12.6. The zero-order chi connectivity index (χ0) is 25.6. The number of carbonyl (C=O) groups excluding carboxylic acids is 1. The monoisotopic (exact) mass is 498 g/mol. The number of nitrogens with one attached hydrogen (secondary N) is 2. The van der Waals surface area contributed by atoms with Crippen LogP contribution in [-0.2, 0) is 6.54 Å². The van der Waals surface area contributed by atoms with Gasteiger partial charge in [0.05, 0.1) is 19.7 Å². The Morgan fingerprint density at radius 3 is 2.49 bits per heavy atom. The molecule has 1 saturated heterocycles. The number of methoxy groups -OCH3 is 2. The van der Waals surface area contributed by atoms with Crippen molar-refractivity contribution in [3.8, 4) is 23.0 Å². The number of hydrogen-bond donors (Lipinski definition) is 2.